The lowest BCUT2D eigenvalue weighted by atomic mass is 10.1. The predicted octanol–water partition coefficient (Wildman–Crippen LogP) is -4.79. The minimum atomic E-state index is -2.17. The number of hydrogen-bond acceptors (Lipinski definition) is 8. The Hall–Kier alpha value is -0.545. The molecule has 0 unspecified atom stereocenters. The van der Waals surface area contributed by atoms with Crippen molar-refractivity contribution in [2.45, 2.75) is 18.3 Å². The molecule has 0 fully saturated rings. The summed E-state index contributed by atoms with van der Waals surface area (Å²) in [6.45, 7) is -0.688. The fourth-order valence-corrected chi connectivity index (χ4v) is 0.416. The predicted molar refractivity (Wildman–Crippen MR) is 43.6 cm³/mol. The Balaban J connectivity index is 0. The van der Waals surface area contributed by atoms with Crippen LogP contribution in [-0.4, -0.2) is 74.0 Å². The van der Waals surface area contributed by atoms with E-state index in [1.54, 1.807) is 0 Å². The maximum atomic E-state index is 9.76. The average Bonchev–Trinajstić information content (AvgIpc) is 2.13. The molecule has 0 aliphatic heterocycles. The van der Waals surface area contributed by atoms with Crippen molar-refractivity contribution < 1.29 is 40.3 Å². The molecule has 3 atom stereocenters. The first-order chi connectivity index (χ1) is 6.36. The van der Waals surface area contributed by atoms with Crippen molar-refractivity contribution in [3.63, 3.8) is 0 Å². The summed E-state index contributed by atoms with van der Waals surface area (Å²) < 4.78 is 0. The van der Waals surface area contributed by atoms with Gasteiger partial charge < -0.3 is 40.3 Å². The fourth-order valence-electron chi connectivity index (χ4n) is 0.416. The largest absolute Gasteiger partial charge is 0.631 e. The summed E-state index contributed by atoms with van der Waals surface area (Å²) in [6, 6.07) is 0. The highest BCUT2D eigenvalue weighted by Crippen LogP contribution is 1.96. The van der Waals surface area contributed by atoms with Crippen molar-refractivity contribution in [3.05, 3.63) is 0 Å². The lowest BCUT2D eigenvalue weighted by Crippen LogP contribution is -2.40. The van der Waals surface area contributed by atoms with Crippen LogP contribution in [-0.2, 0) is 4.79 Å². The number of aldehydes is 1. The number of carbonyl (C=O) groups excluding carboxylic acids is 1. The van der Waals surface area contributed by atoms with E-state index < -0.39 is 32.2 Å². The second kappa shape index (κ2) is 9.03. The molecule has 0 saturated heterocycles. The molecule has 9 heteroatoms. The van der Waals surface area contributed by atoms with Gasteiger partial charge in [0, 0.05) is 0 Å². The summed E-state index contributed by atoms with van der Waals surface area (Å²) in [7, 11) is -2.17. The molecular weight excluding hydrogens is 199 g/mol. The first-order valence-electron chi connectivity index (χ1n) is 3.51. The van der Waals surface area contributed by atoms with Gasteiger partial charge in [-0.15, -0.1) is 0 Å². The van der Waals surface area contributed by atoms with Crippen molar-refractivity contribution in [3.8, 4) is 0 Å². The van der Waals surface area contributed by atoms with Gasteiger partial charge in [0.15, 0.2) is 6.29 Å². The maximum absolute atomic E-state index is 9.76. The third-order valence-electron chi connectivity index (χ3n) is 1.07. The summed E-state index contributed by atoms with van der Waals surface area (Å²) in [4.78, 5) is 9.76. The first kappa shape index (κ1) is 15.9. The van der Waals surface area contributed by atoms with E-state index in [2.05, 4.69) is 0 Å². The van der Waals surface area contributed by atoms with Crippen molar-refractivity contribution >= 4 is 13.6 Å². The highest BCUT2D eigenvalue weighted by molar-refractivity contribution is 6.30. The van der Waals surface area contributed by atoms with Gasteiger partial charge in [0.2, 0.25) is 0 Å². The Labute approximate surface area is 79.9 Å². The van der Waals surface area contributed by atoms with Crippen LogP contribution in [0.3, 0.4) is 0 Å². The third kappa shape index (κ3) is 9.54. The van der Waals surface area contributed by atoms with Gasteiger partial charge >= 0.3 is 7.32 Å². The van der Waals surface area contributed by atoms with Crippen LogP contribution in [0.4, 0.5) is 0 Å². The topological polar surface area (TPSA) is 159 Å². The number of rotatable bonds is 4. The lowest BCUT2D eigenvalue weighted by molar-refractivity contribution is -0.127. The van der Waals surface area contributed by atoms with Gasteiger partial charge in [-0.05, 0) is 0 Å². The summed E-state index contributed by atoms with van der Waals surface area (Å²) >= 11 is 0. The zero-order valence-corrected chi connectivity index (χ0v) is 7.13. The molecular formula is C5H13BO8. The SMILES string of the molecule is O=C[C@H](O)[C@@H](O)[C@H](O)CO.OB(O)O. The van der Waals surface area contributed by atoms with Crippen LogP contribution >= 0.6 is 0 Å². The minimum Gasteiger partial charge on any atom is -0.402 e. The van der Waals surface area contributed by atoms with Gasteiger partial charge in [-0.2, -0.15) is 0 Å². The van der Waals surface area contributed by atoms with E-state index in [4.69, 9.17) is 35.5 Å². The standard InChI is InChI=1S/C5H10O5.BH3O3/c6-1-3(8)5(10)4(9)2-7;2-1(3)4/h1,3-5,7-10H,2H2;2-4H/t3-,4+,5+;/m0./s1. The molecule has 0 heterocycles. The highest BCUT2D eigenvalue weighted by atomic mass is 16.5. The molecule has 0 aliphatic carbocycles. The molecule has 0 saturated carbocycles. The van der Waals surface area contributed by atoms with Gasteiger partial charge in [0.05, 0.1) is 6.61 Å². The Kier molecular flexibility index (Phi) is 10.3. The first-order valence-corrected chi connectivity index (χ1v) is 3.51. The van der Waals surface area contributed by atoms with Crippen LogP contribution in [0.15, 0.2) is 0 Å². The van der Waals surface area contributed by atoms with E-state index in [1.165, 1.54) is 0 Å². The van der Waals surface area contributed by atoms with E-state index in [9.17, 15) is 4.79 Å². The number of hydrogen-bond donors (Lipinski definition) is 7. The smallest absolute Gasteiger partial charge is 0.402 e. The van der Waals surface area contributed by atoms with E-state index in [-0.39, 0.29) is 6.29 Å². The molecule has 0 radical (unpaired) electrons. The van der Waals surface area contributed by atoms with Gasteiger partial charge in [-0.1, -0.05) is 0 Å². The molecule has 8 nitrogen and oxygen atoms in total. The molecule has 14 heavy (non-hydrogen) atoms. The molecule has 7 N–H and O–H groups in total. The molecule has 0 rings (SSSR count). The Bertz CT molecular complexity index is 139. The number of aliphatic hydroxyl groups excluding tert-OH is 4. The number of carbonyl (C=O) groups is 1. The van der Waals surface area contributed by atoms with Crippen molar-refractivity contribution in [1.82, 2.24) is 0 Å². The molecule has 0 amide bonds. The summed E-state index contributed by atoms with van der Waals surface area (Å²) in [5, 5.41) is 55.6. The maximum Gasteiger partial charge on any atom is 0.631 e. The lowest BCUT2D eigenvalue weighted by Gasteiger charge is -2.16. The van der Waals surface area contributed by atoms with Gasteiger partial charge in [-0.25, -0.2) is 0 Å². The van der Waals surface area contributed by atoms with E-state index in [1.807, 2.05) is 0 Å². The molecule has 84 valence electrons. The monoisotopic (exact) mass is 212 g/mol. The van der Waals surface area contributed by atoms with Crippen LogP contribution < -0.4 is 0 Å². The number of aliphatic hydroxyl groups is 4. The molecule has 0 aromatic carbocycles. The molecule has 0 bridgehead atoms. The Morgan fingerprint density at radius 1 is 1.14 bits per heavy atom. The van der Waals surface area contributed by atoms with Crippen LogP contribution in [0.2, 0.25) is 0 Å². The Morgan fingerprint density at radius 2 is 1.50 bits per heavy atom. The third-order valence-corrected chi connectivity index (χ3v) is 1.07. The molecule has 0 aromatic rings. The normalized spacial score (nSPS) is 15.9. The van der Waals surface area contributed by atoms with Gasteiger partial charge in [0.1, 0.15) is 18.3 Å². The molecule has 0 aromatic heterocycles. The van der Waals surface area contributed by atoms with Crippen molar-refractivity contribution in [1.29, 1.82) is 0 Å². The molecule has 0 spiro atoms. The zero-order valence-electron chi connectivity index (χ0n) is 7.13. The van der Waals surface area contributed by atoms with E-state index in [0.29, 0.717) is 0 Å². The summed E-state index contributed by atoms with van der Waals surface area (Å²) in [6.07, 6.45) is -4.63. The Morgan fingerprint density at radius 3 is 1.71 bits per heavy atom. The van der Waals surface area contributed by atoms with Crippen LogP contribution in [0, 0.1) is 0 Å². The van der Waals surface area contributed by atoms with E-state index >= 15 is 0 Å². The van der Waals surface area contributed by atoms with Crippen molar-refractivity contribution in [2.24, 2.45) is 0 Å². The van der Waals surface area contributed by atoms with Crippen molar-refractivity contribution in [2.75, 3.05) is 6.61 Å². The molecule has 0 aliphatic rings. The highest BCUT2D eigenvalue weighted by Gasteiger charge is 2.22. The van der Waals surface area contributed by atoms with Gasteiger partial charge in [-0.3, -0.25) is 0 Å². The summed E-state index contributed by atoms with van der Waals surface area (Å²) in [5.41, 5.74) is 0. The van der Waals surface area contributed by atoms with Crippen LogP contribution in [0.25, 0.3) is 0 Å². The quantitative estimate of drug-likeness (QED) is 0.180. The second-order valence-corrected chi connectivity index (χ2v) is 2.21. The average molecular weight is 212 g/mol. The van der Waals surface area contributed by atoms with Crippen LogP contribution in [0.5, 0.6) is 0 Å². The van der Waals surface area contributed by atoms with E-state index in [0.717, 1.165) is 0 Å². The fraction of sp³-hybridized carbons (Fsp3) is 0.800. The minimum absolute atomic E-state index is 0.0869. The second-order valence-electron chi connectivity index (χ2n) is 2.21. The zero-order chi connectivity index (χ0) is 11.7. The van der Waals surface area contributed by atoms with Gasteiger partial charge in [0.25, 0.3) is 0 Å². The van der Waals surface area contributed by atoms with Crippen LogP contribution in [0.1, 0.15) is 0 Å². The summed E-state index contributed by atoms with van der Waals surface area (Å²) in [5.74, 6) is 0.